The monoisotopic (exact) mass is 291 g/mol. The van der Waals surface area contributed by atoms with Crippen molar-refractivity contribution in [3.63, 3.8) is 0 Å². The van der Waals surface area contributed by atoms with E-state index in [0.717, 1.165) is 5.56 Å². The number of carbonyl (C=O) groups excluding carboxylic acids is 1. The Balaban J connectivity index is 2.20. The van der Waals surface area contributed by atoms with Crippen molar-refractivity contribution in [1.29, 1.82) is 0 Å². The van der Waals surface area contributed by atoms with Crippen LogP contribution in [0.3, 0.4) is 0 Å². The summed E-state index contributed by atoms with van der Waals surface area (Å²) in [7, 11) is -3.94. The lowest BCUT2D eigenvalue weighted by molar-refractivity contribution is -0.111. The van der Waals surface area contributed by atoms with E-state index < -0.39 is 10.1 Å². The standard InChI is InChI=1S/C14H13NO4S/c1-10-3-6-13(7-4-10)20(17,18)19-15-12-5-8-14(16)11(2)9-12/h3-9H,1-2H3/b15-12+. The topological polar surface area (TPSA) is 72.8 Å². The molecule has 6 heteroatoms. The van der Waals surface area contributed by atoms with Gasteiger partial charge >= 0.3 is 10.1 Å². The first kappa shape index (κ1) is 14.2. The number of ketones is 1. The van der Waals surface area contributed by atoms with Crippen LogP contribution in [0.5, 0.6) is 0 Å². The molecule has 0 spiro atoms. The van der Waals surface area contributed by atoms with Gasteiger partial charge in [-0.2, -0.15) is 8.42 Å². The van der Waals surface area contributed by atoms with Crippen molar-refractivity contribution >= 4 is 21.6 Å². The molecule has 0 unspecified atom stereocenters. The van der Waals surface area contributed by atoms with Crippen molar-refractivity contribution in [2.75, 3.05) is 0 Å². The van der Waals surface area contributed by atoms with Gasteiger partial charge in [0.25, 0.3) is 0 Å². The Labute approximate surface area is 117 Å². The van der Waals surface area contributed by atoms with E-state index in [0.29, 0.717) is 5.57 Å². The van der Waals surface area contributed by atoms with Crippen LogP contribution in [0, 0.1) is 6.92 Å². The van der Waals surface area contributed by atoms with Crippen LogP contribution < -0.4 is 0 Å². The highest BCUT2D eigenvalue weighted by molar-refractivity contribution is 7.86. The fourth-order valence-electron chi connectivity index (χ4n) is 1.53. The van der Waals surface area contributed by atoms with E-state index >= 15 is 0 Å². The maximum absolute atomic E-state index is 11.9. The molecule has 2 rings (SSSR count). The largest absolute Gasteiger partial charge is 0.358 e. The van der Waals surface area contributed by atoms with Gasteiger partial charge in [-0.3, -0.25) is 9.08 Å². The van der Waals surface area contributed by atoms with E-state index in [1.54, 1.807) is 19.1 Å². The summed E-state index contributed by atoms with van der Waals surface area (Å²) in [5.74, 6) is -0.134. The molecule has 0 atom stereocenters. The summed E-state index contributed by atoms with van der Waals surface area (Å²) in [6, 6.07) is 6.25. The molecule has 5 nitrogen and oxygen atoms in total. The Kier molecular flexibility index (Phi) is 3.85. The van der Waals surface area contributed by atoms with Crippen molar-refractivity contribution < 1.29 is 17.5 Å². The van der Waals surface area contributed by atoms with Crippen LogP contribution in [0.1, 0.15) is 12.5 Å². The lowest BCUT2D eigenvalue weighted by atomic mass is 10.1. The van der Waals surface area contributed by atoms with Crippen LogP contribution in [-0.4, -0.2) is 19.9 Å². The normalized spacial score (nSPS) is 17.2. The number of allylic oxidation sites excluding steroid dienone is 4. The zero-order valence-corrected chi connectivity index (χ0v) is 11.8. The first-order valence-corrected chi connectivity index (χ1v) is 7.28. The van der Waals surface area contributed by atoms with Gasteiger partial charge < -0.3 is 0 Å². The molecule has 0 N–H and O–H groups in total. The highest BCUT2D eigenvalue weighted by Gasteiger charge is 2.16. The predicted octanol–water partition coefficient (Wildman–Crippen LogP) is 2.14. The summed E-state index contributed by atoms with van der Waals surface area (Å²) in [6.45, 7) is 3.48. The molecule has 0 aliphatic heterocycles. The molecule has 1 aliphatic rings. The van der Waals surface area contributed by atoms with E-state index in [1.165, 1.54) is 30.4 Å². The fourth-order valence-corrected chi connectivity index (χ4v) is 2.27. The number of oxime groups is 1. The molecule has 1 aliphatic carbocycles. The van der Waals surface area contributed by atoms with E-state index in [-0.39, 0.29) is 16.4 Å². The van der Waals surface area contributed by atoms with Gasteiger partial charge in [0.15, 0.2) is 5.78 Å². The molecule has 0 amide bonds. The van der Waals surface area contributed by atoms with Gasteiger partial charge in [0.2, 0.25) is 0 Å². The molecule has 0 saturated carbocycles. The Bertz CT molecular complexity index is 725. The molecule has 1 aromatic rings. The number of rotatable bonds is 3. The first-order valence-electron chi connectivity index (χ1n) is 5.87. The highest BCUT2D eigenvalue weighted by atomic mass is 32.2. The first-order chi connectivity index (χ1) is 9.38. The second-order valence-corrected chi connectivity index (χ2v) is 5.91. The Morgan fingerprint density at radius 2 is 1.70 bits per heavy atom. The number of carbonyl (C=O) groups is 1. The van der Waals surface area contributed by atoms with E-state index in [4.69, 9.17) is 0 Å². The second kappa shape index (κ2) is 5.42. The second-order valence-electron chi connectivity index (χ2n) is 4.38. The minimum Gasteiger partial charge on any atom is -0.290 e. The van der Waals surface area contributed by atoms with Crippen LogP contribution in [0.4, 0.5) is 0 Å². The quantitative estimate of drug-likeness (QED) is 0.632. The molecule has 0 bridgehead atoms. The van der Waals surface area contributed by atoms with Gasteiger partial charge in [0, 0.05) is 0 Å². The molecule has 0 fully saturated rings. The third-order valence-electron chi connectivity index (χ3n) is 2.71. The summed E-state index contributed by atoms with van der Waals surface area (Å²) >= 11 is 0. The van der Waals surface area contributed by atoms with E-state index in [2.05, 4.69) is 9.44 Å². The number of hydrogen-bond donors (Lipinski definition) is 0. The van der Waals surface area contributed by atoms with Crippen LogP contribution in [0.2, 0.25) is 0 Å². The molecule has 0 radical (unpaired) electrons. The van der Waals surface area contributed by atoms with Gasteiger partial charge in [-0.1, -0.05) is 22.9 Å². The number of aryl methyl sites for hydroxylation is 1. The summed E-state index contributed by atoms with van der Waals surface area (Å²) in [6.07, 6.45) is 4.18. The zero-order chi connectivity index (χ0) is 14.8. The maximum atomic E-state index is 11.9. The minimum absolute atomic E-state index is 0.0315. The third kappa shape index (κ3) is 3.21. The van der Waals surface area contributed by atoms with E-state index in [1.807, 2.05) is 6.92 Å². The average molecular weight is 291 g/mol. The molecule has 20 heavy (non-hydrogen) atoms. The van der Waals surface area contributed by atoms with Gasteiger partial charge in [-0.05, 0) is 49.8 Å². The highest BCUT2D eigenvalue weighted by Crippen LogP contribution is 2.14. The molecule has 1 aromatic carbocycles. The smallest absolute Gasteiger partial charge is 0.290 e. The summed E-state index contributed by atoms with van der Waals surface area (Å²) < 4.78 is 28.4. The third-order valence-corrected chi connectivity index (χ3v) is 3.83. The van der Waals surface area contributed by atoms with Crippen molar-refractivity contribution in [2.24, 2.45) is 5.16 Å². The number of benzene rings is 1. The SMILES string of the molecule is CC1=C/C(=N/OS(=O)(=O)c2ccc(C)cc2)C=CC1=O. The summed E-state index contributed by atoms with van der Waals surface area (Å²) in [5, 5.41) is 3.55. The lowest BCUT2D eigenvalue weighted by Crippen LogP contribution is -2.08. The van der Waals surface area contributed by atoms with Crippen LogP contribution in [-0.2, 0) is 19.2 Å². The molecule has 0 heterocycles. The van der Waals surface area contributed by atoms with Gasteiger partial charge in [-0.15, -0.1) is 0 Å². The van der Waals surface area contributed by atoms with Gasteiger partial charge in [0.05, 0.1) is 0 Å². The van der Waals surface area contributed by atoms with Gasteiger partial charge in [0.1, 0.15) is 10.6 Å². The molecule has 0 aromatic heterocycles. The number of nitrogens with zero attached hydrogens (tertiary/aromatic N) is 1. The molecular formula is C14H13NO4S. The number of hydrogen-bond acceptors (Lipinski definition) is 5. The van der Waals surface area contributed by atoms with Crippen molar-refractivity contribution in [1.82, 2.24) is 0 Å². The lowest BCUT2D eigenvalue weighted by Gasteiger charge is -2.05. The van der Waals surface area contributed by atoms with Crippen molar-refractivity contribution in [3.05, 3.63) is 53.6 Å². The predicted molar refractivity (Wildman–Crippen MR) is 74.8 cm³/mol. The van der Waals surface area contributed by atoms with Crippen LogP contribution in [0.15, 0.2) is 58.1 Å². The van der Waals surface area contributed by atoms with Crippen molar-refractivity contribution in [3.8, 4) is 0 Å². The molecule has 0 saturated heterocycles. The minimum atomic E-state index is -3.94. The Morgan fingerprint density at radius 1 is 1.05 bits per heavy atom. The van der Waals surface area contributed by atoms with Crippen molar-refractivity contribution in [2.45, 2.75) is 18.7 Å². The maximum Gasteiger partial charge on any atom is 0.358 e. The van der Waals surface area contributed by atoms with Crippen LogP contribution >= 0.6 is 0 Å². The van der Waals surface area contributed by atoms with E-state index in [9.17, 15) is 13.2 Å². The van der Waals surface area contributed by atoms with Gasteiger partial charge in [-0.25, -0.2) is 0 Å². The zero-order valence-electron chi connectivity index (χ0n) is 11.0. The van der Waals surface area contributed by atoms with Crippen LogP contribution in [0.25, 0.3) is 0 Å². The Hall–Kier alpha value is -2.21. The Morgan fingerprint density at radius 3 is 2.30 bits per heavy atom. The fraction of sp³-hybridized carbons (Fsp3) is 0.143. The summed E-state index contributed by atoms with van der Waals surface area (Å²) in [5.41, 5.74) is 1.70. The molecule has 104 valence electrons. The summed E-state index contributed by atoms with van der Waals surface area (Å²) in [4.78, 5) is 11.3. The molecular weight excluding hydrogens is 278 g/mol. The average Bonchev–Trinajstić information content (AvgIpc) is 2.41.